The van der Waals surface area contributed by atoms with Gasteiger partial charge in [0, 0.05) is 5.56 Å². The van der Waals surface area contributed by atoms with Crippen LogP contribution in [0.25, 0.3) is 11.5 Å². The molecule has 2 aliphatic rings. The van der Waals surface area contributed by atoms with Crippen LogP contribution >= 0.6 is 0 Å². The molecule has 2 N–H and O–H groups in total. The van der Waals surface area contributed by atoms with Gasteiger partial charge in [-0.25, -0.2) is 0 Å². The number of nitrogens with two attached hydrogens (primary N) is 1. The van der Waals surface area contributed by atoms with E-state index in [0.29, 0.717) is 11.7 Å². The lowest BCUT2D eigenvalue weighted by Gasteiger charge is -2.17. The lowest BCUT2D eigenvalue weighted by molar-refractivity contribution is 0.372. The molecule has 2 aromatic rings. The minimum absolute atomic E-state index is 0.379. The molecule has 1 fully saturated rings. The van der Waals surface area contributed by atoms with Crippen molar-refractivity contribution >= 4 is 0 Å². The van der Waals surface area contributed by atoms with Gasteiger partial charge in [-0.2, -0.15) is 4.98 Å². The molecule has 4 heteroatoms. The molecule has 0 radical (unpaired) electrons. The summed E-state index contributed by atoms with van der Waals surface area (Å²) in [4.78, 5) is 4.58. The van der Waals surface area contributed by atoms with E-state index in [-0.39, 0.29) is 5.54 Å². The first-order chi connectivity index (χ1) is 10.2. The van der Waals surface area contributed by atoms with E-state index >= 15 is 0 Å². The van der Waals surface area contributed by atoms with E-state index in [2.05, 4.69) is 28.3 Å². The third-order valence-electron chi connectivity index (χ3n) is 4.96. The first kappa shape index (κ1) is 13.0. The van der Waals surface area contributed by atoms with Gasteiger partial charge in [-0.3, -0.25) is 0 Å². The summed E-state index contributed by atoms with van der Waals surface area (Å²) in [5, 5.41) is 4.15. The van der Waals surface area contributed by atoms with Crippen molar-refractivity contribution in [1.29, 1.82) is 0 Å². The van der Waals surface area contributed by atoms with E-state index in [4.69, 9.17) is 10.3 Å². The minimum atomic E-state index is -0.379. The highest BCUT2D eigenvalue weighted by atomic mass is 16.5. The van der Waals surface area contributed by atoms with Gasteiger partial charge in [-0.05, 0) is 61.8 Å². The van der Waals surface area contributed by atoms with E-state index in [1.807, 2.05) is 0 Å². The summed E-state index contributed by atoms with van der Waals surface area (Å²) >= 11 is 0. The summed E-state index contributed by atoms with van der Waals surface area (Å²) in [7, 11) is 0. The van der Waals surface area contributed by atoms with Crippen molar-refractivity contribution in [3.63, 3.8) is 0 Å². The number of fused-ring (bicyclic) bond motifs is 1. The van der Waals surface area contributed by atoms with Crippen LogP contribution in [-0.4, -0.2) is 10.1 Å². The van der Waals surface area contributed by atoms with Crippen LogP contribution in [0.2, 0.25) is 0 Å². The molecular formula is C17H21N3O. The highest BCUT2D eigenvalue weighted by Crippen LogP contribution is 2.35. The quantitative estimate of drug-likeness (QED) is 0.918. The maximum absolute atomic E-state index is 6.40. The van der Waals surface area contributed by atoms with Crippen molar-refractivity contribution in [1.82, 2.24) is 10.1 Å². The lowest BCUT2D eigenvalue weighted by atomic mass is 9.90. The summed E-state index contributed by atoms with van der Waals surface area (Å²) in [6, 6.07) is 6.52. The molecule has 2 aliphatic carbocycles. The molecule has 0 unspecified atom stereocenters. The molecule has 4 rings (SSSR count). The van der Waals surface area contributed by atoms with Crippen LogP contribution in [0.1, 0.15) is 55.5 Å². The Labute approximate surface area is 124 Å². The van der Waals surface area contributed by atoms with Crippen LogP contribution < -0.4 is 5.73 Å². The molecule has 1 aromatic heterocycles. The number of aromatic nitrogens is 2. The topological polar surface area (TPSA) is 64.9 Å². The van der Waals surface area contributed by atoms with Crippen LogP contribution in [0.15, 0.2) is 22.7 Å². The maximum Gasteiger partial charge on any atom is 0.258 e. The fourth-order valence-electron chi connectivity index (χ4n) is 3.64. The van der Waals surface area contributed by atoms with Gasteiger partial charge in [0.25, 0.3) is 5.89 Å². The summed E-state index contributed by atoms with van der Waals surface area (Å²) in [6.07, 6.45) is 9.14. The number of hydrogen-bond acceptors (Lipinski definition) is 4. The molecule has 1 aromatic carbocycles. The maximum atomic E-state index is 6.40. The Kier molecular flexibility index (Phi) is 3.07. The van der Waals surface area contributed by atoms with Gasteiger partial charge in [-0.15, -0.1) is 0 Å². The van der Waals surface area contributed by atoms with E-state index in [0.717, 1.165) is 37.7 Å². The molecule has 21 heavy (non-hydrogen) atoms. The average Bonchev–Trinajstić information content (AvgIpc) is 3.17. The zero-order chi connectivity index (χ0) is 14.3. The summed E-state index contributed by atoms with van der Waals surface area (Å²) in [5.41, 5.74) is 9.94. The van der Waals surface area contributed by atoms with Crippen molar-refractivity contribution in [2.24, 2.45) is 5.73 Å². The number of rotatable bonds is 2. The first-order valence-electron chi connectivity index (χ1n) is 8.00. The van der Waals surface area contributed by atoms with Gasteiger partial charge in [0.1, 0.15) is 0 Å². The van der Waals surface area contributed by atoms with E-state index in [9.17, 15) is 0 Å². The average molecular weight is 283 g/mol. The highest BCUT2D eigenvalue weighted by molar-refractivity contribution is 5.56. The van der Waals surface area contributed by atoms with E-state index < -0.39 is 0 Å². The van der Waals surface area contributed by atoms with Crippen molar-refractivity contribution < 1.29 is 4.52 Å². The van der Waals surface area contributed by atoms with Gasteiger partial charge in [0.05, 0.1) is 5.54 Å². The fourth-order valence-corrected chi connectivity index (χ4v) is 3.64. The predicted octanol–water partition coefficient (Wildman–Crippen LogP) is 3.34. The van der Waals surface area contributed by atoms with Crippen LogP contribution in [0.5, 0.6) is 0 Å². The summed E-state index contributed by atoms with van der Waals surface area (Å²) in [5.74, 6) is 1.28. The van der Waals surface area contributed by atoms with Crippen molar-refractivity contribution in [3.05, 3.63) is 35.2 Å². The van der Waals surface area contributed by atoms with E-state index in [1.165, 1.54) is 30.4 Å². The zero-order valence-electron chi connectivity index (χ0n) is 12.3. The second-order valence-corrected chi connectivity index (χ2v) is 6.48. The molecule has 0 aliphatic heterocycles. The fraction of sp³-hybridized carbons (Fsp3) is 0.529. The summed E-state index contributed by atoms with van der Waals surface area (Å²) in [6.45, 7) is 0. The lowest BCUT2D eigenvalue weighted by Crippen LogP contribution is -2.34. The molecule has 110 valence electrons. The largest absolute Gasteiger partial charge is 0.334 e. The molecule has 4 nitrogen and oxygen atoms in total. The van der Waals surface area contributed by atoms with Gasteiger partial charge in [0.2, 0.25) is 0 Å². The Morgan fingerprint density at radius 1 is 1.00 bits per heavy atom. The molecule has 0 amide bonds. The minimum Gasteiger partial charge on any atom is -0.334 e. The van der Waals surface area contributed by atoms with Crippen LogP contribution in [0.4, 0.5) is 0 Å². The second-order valence-electron chi connectivity index (χ2n) is 6.48. The molecule has 1 saturated carbocycles. The normalized spacial score (nSPS) is 20.4. The standard InChI is InChI=1S/C17H21N3O/c18-17(9-3-4-10-17)16-19-15(21-20-16)14-8-7-12-5-1-2-6-13(12)11-14/h7-8,11H,1-6,9-10,18H2. The smallest absolute Gasteiger partial charge is 0.258 e. The summed E-state index contributed by atoms with van der Waals surface area (Å²) < 4.78 is 5.48. The van der Waals surface area contributed by atoms with Crippen LogP contribution in [0.3, 0.4) is 0 Å². The molecule has 0 spiro atoms. The second kappa shape index (κ2) is 4.95. The molecule has 0 atom stereocenters. The SMILES string of the molecule is NC1(c2noc(-c3ccc4c(c3)CCCC4)n2)CCCC1. The Morgan fingerprint density at radius 2 is 1.76 bits per heavy atom. The number of aryl methyl sites for hydroxylation is 2. The van der Waals surface area contributed by atoms with Crippen molar-refractivity contribution in [2.45, 2.75) is 56.9 Å². The highest BCUT2D eigenvalue weighted by Gasteiger charge is 2.36. The first-order valence-corrected chi connectivity index (χ1v) is 8.00. The van der Waals surface area contributed by atoms with Gasteiger partial charge >= 0.3 is 0 Å². The molecular weight excluding hydrogens is 262 g/mol. The number of benzene rings is 1. The van der Waals surface area contributed by atoms with Crippen molar-refractivity contribution in [2.75, 3.05) is 0 Å². The monoisotopic (exact) mass is 283 g/mol. The van der Waals surface area contributed by atoms with E-state index in [1.54, 1.807) is 0 Å². The third kappa shape index (κ3) is 2.27. The Hall–Kier alpha value is -1.68. The molecule has 1 heterocycles. The Morgan fingerprint density at radius 3 is 2.57 bits per heavy atom. The number of nitrogens with zero attached hydrogens (tertiary/aromatic N) is 2. The third-order valence-corrected chi connectivity index (χ3v) is 4.96. The zero-order valence-corrected chi connectivity index (χ0v) is 12.3. The van der Waals surface area contributed by atoms with Gasteiger partial charge in [0.15, 0.2) is 5.82 Å². The van der Waals surface area contributed by atoms with Gasteiger partial charge < -0.3 is 10.3 Å². The predicted molar refractivity (Wildman–Crippen MR) is 80.7 cm³/mol. The van der Waals surface area contributed by atoms with Crippen LogP contribution in [-0.2, 0) is 18.4 Å². The molecule has 0 saturated heterocycles. The Bertz CT molecular complexity index is 656. The Balaban J connectivity index is 1.66. The van der Waals surface area contributed by atoms with Crippen molar-refractivity contribution in [3.8, 4) is 11.5 Å². The van der Waals surface area contributed by atoms with Crippen LogP contribution in [0, 0.1) is 0 Å². The molecule has 0 bridgehead atoms. The van der Waals surface area contributed by atoms with Gasteiger partial charge in [-0.1, -0.05) is 24.1 Å². The number of hydrogen-bond donors (Lipinski definition) is 1.